The van der Waals surface area contributed by atoms with Crippen molar-refractivity contribution in [3.8, 4) is 10.6 Å². The molecule has 4 nitrogen and oxygen atoms in total. The highest BCUT2D eigenvalue weighted by molar-refractivity contribution is 7.22. The molecule has 1 aliphatic heterocycles. The fourth-order valence-electron chi connectivity index (χ4n) is 3.64. The molecule has 0 unspecified atom stereocenters. The number of benzene rings is 2. The van der Waals surface area contributed by atoms with Crippen LogP contribution in [0.2, 0.25) is 0 Å². The molecule has 0 radical (unpaired) electrons. The Balaban J connectivity index is 1.58. The van der Waals surface area contributed by atoms with Crippen LogP contribution >= 0.6 is 22.7 Å². The first-order chi connectivity index (χ1) is 14.5. The first kappa shape index (κ1) is 19.3. The van der Waals surface area contributed by atoms with Gasteiger partial charge in [0.15, 0.2) is 11.6 Å². The Morgan fingerprint density at radius 2 is 1.97 bits per heavy atom. The van der Waals surface area contributed by atoms with Crippen LogP contribution in [-0.2, 0) is 13.0 Å². The lowest BCUT2D eigenvalue weighted by molar-refractivity contribution is 0.102. The van der Waals surface area contributed by atoms with Gasteiger partial charge in [-0.3, -0.25) is 4.79 Å². The van der Waals surface area contributed by atoms with E-state index in [1.54, 1.807) is 11.3 Å². The van der Waals surface area contributed by atoms with Gasteiger partial charge in [0.1, 0.15) is 10.0 Å². The van der Waals surface area contributed by atoms with E-state index in [-0.39, 0.29) is 5.56 Å². The maximum Gasteiger partial charge on any atom is 0.256 e. The summed E-state index contributed by atoms with van der Waals surface area (Å²) in [6, 6.07) is 11.1. The number of anilines is 1. The summed E-state index contributed by atoms with van der Waals surface area (Å²) in [5.74, 6) is -2.49. The van der Waals surface area contributed by atoms with Crippen molar-refractivity contribution < 1.29 is 13.6 Å². The van der Waals surface area contributed by atoms with Gasteiger partial charge in [-0.25, -0.2) is 13.8 Å². The van der Waals surface area contributed by atoms with Gasteiger partial charge in [-0.1, -0.05) is 12.1 Å². The predicted molar refractivity (Wildman–Crippen MR) is 117 cm³/mol. The SMILES string of the molecule is CN1CCc2c(sc(NC(=O)c3ccc(F)c(F)c3)c2-c2nc3ccccc3s2)C1. The minimum Gasteiger partial charge on any atom is -0.313 e. The van der Waals surface area contributed by atoms with Gasteiger partial charge < -0.3 is 10.2 Å². The van der Waals surface area contributed by atoms with Crippen molar-refractivity contribution in [2.24, 2.45) is 0 Å². The molecular formula is C22H17F2N3OS2. The third kappa shape index (κ3) is 3.40. The van der Waals surface area contributed by atoms with E-state index in [0.29, 0.717) is 5.00 Å². The summed E-state index contributed by atoms with van der Waals surface area (Å²) >= 11 is 3.12. The van der Waals surface area contributed by atoms with E-state index in [4.69, 9.17) is 4.98 Å². The zero-order chi connectivity index (χ0) is 20.8. The molecule has 0 aliphatic carbocycles. The van der Waals surface area contributed by atoms with Gasteiger partial charge in [0.25, 0.3) is 5.91 Å². The topological polar surface area (TPSA) is 45.2 Å². The molecule has 0 fully saturated rings. The van der Waals surface area contributed by atoms with Crippen LogP contribution in [0.15, 0.2) is 42.5 Å². The Hall–Kier alpha value is -2.68. The molecule has 1 amide bonds. The molecule has 0 saturated heterocycles. The molecule has 30 heavy (non-hydrogen) atoms. The molecule has 0 bridgehead atoms. The summed E-state index contributed by atoms with van der Waals surface area (Å²) in [6.07, 6.45) is 0.870. The molecule has 0 saturated carbocycles. The summed E-state index contributed by atoms with van der Waals surface area (Å²) in [7, 11) is 2.07. The molecule has 5 rings (SSSR count). The fraction of sp³-hybridized carbons (Fsp3) is 0.182. The smallest absolute Gasteiger partial charge is 0.256 e. The van der Waals surface area contributed by atoms with Gasteiger partial charge >= 0.3 is 0 Å². The number of nitrogens with zero attached hydrogens (tertiary/aromatic N) is 2. The number of hydrogen-bond donors (Lipinski definition) is 1. The van der Waals surface area contributed by atoms with Crippen LogP contribution in [0.3, 0.4) is 0 Å². The van der Waals surface area contributed by atoms with E-state index >= 15 is 0 Å². The minimum absolute atomic E-state index is 0.0765. The highest BCUT2D eigenvalue weighted by Gasteiger charge is 2.27. The number of amides is 1. The summed E-state index contributed by atoms with van der Waals surface area (Å²) in [5, 5.41) is 4.49. The van der Waals surface area contributed by atoms with Crippen molar-refractivity contribution >= 4 is 43.8 Å². The van der Waals surface area contributed by atoms with E-state index in [1.807, 2.05) is 24.3 Å². The first-order valence-corrected chi connectivity index (χ1v) is 11.1. The molecule has 3 heterocycles. The van der Waals surface area contributed by atoms with Crippen LogP contribution < -0.4 is 5.32 Å². The highest BCUT2D eigenvalue weighted by atomic mass is 32.1. The third-order valence-electron chi connectivity index (χ3n) is 5.16. The van der Waals surface area contributed by atoms with Crippen molar-refractivity contribution in [3.63, 3.8) is 0 Å². The standard InChI is InChI=1S/C22H17F2N3OS2/c1-27-9-8-13-18(11-27)30-22(26-20(28)12-6-7-14(23)15(24)10-12)19(13)21-25-16-4-2-3-5-17(16)29-21/h2-7,10H,8-9,11H2,1H3,(H,26,28). The van der Waals surface area contributed by atoms with Gasteiger partial charge in [0, 0.05) is 29.1 Å². The number of carbonyl (C=O) groups is 1. The second-order valence-corrected chi connectivity index (χ2v) is 9.40. The Bertz CT molecular complexity index is 1250. The van der Waals surface area contributed by atoms with Gasteiger partial charge in [0.05, 0.1) is 10.2 Å². The van der Waals surface area contributed by atoms with Crippen molar-refractivity contribution in [2.45, 2.75) is 13.0 Å². The number of nitrogens with one attached hydrogen (secondary N) is 1. The van der Waals surface area contributed by atoms with E-state index in [2.05, 4.69) is 17.3 Å². The lowest BCUT2D eigenvalue weighted by Gasteiger charge is -2.22. The molecule has 1 N–H and O–H groups in total. The normalized spacial score (nSPS) is 14.1. The van der Waals surface area contributed by atoms with Crippen LogP contribution in [0.5, 0.6) is 0 Å². The maximum absolute atomic E-state index is 13.6. The number of fused-ring (bicyclic) bond motifs is 2. The summed E-state index contributed by atoms with van der Waals surface area (Å²) in [6.45, 7) is 1.73. The minimum atomic E-state index is -1.04. The van der Waals surface area contributed by atoms with E-state index < -0.39 is 17.5 Å². The van der Waals surface area contributed by atoms with Gasteiger partial charge in [-0.15, -0.1) is 22.7 Å². The Labute approximate surface area is 179 Å². The largest absolute Gasteiger partial charge is 0.313 e. The monoisotopic (exact) mass is 441 g/mol. The second-order valence-electron chi connectivity index (χ2n) is 7.27. The molecule has 0 atom stereocenters. The molecule has 8 heteroatoms. The lowest BCUT2D eigenvalue weighted by atomic mass is 10.0. The highest BCUT2D eigenvalue weighted by Crippen LogP contribution is 2.45. The van der Waals surface area contributed by atoms with Crippen LogP contribution in [0, 0.1) is 11.6 Å². The average Bonchev–Trinajstić information content (AvgIpc) is 3.29. The molecule has 152 valence electrons. The number of thiophene rings is 1. The van der Waals surface area contributed by atoms with Gasteiger partial charge in [-0.05, 0) is 49.4 Å². The number of aromatic nitrogens is 1. The predicted octanol–water partition coefficient (Wildman–Crippen LogP) is 5.54. The Morgan fingerprint density at radius 3 is 2.77 bits per heavy atom. The van der Waals surface area contributed by atoms with Crippen LogP contribution in [-0.4, -0.2) is 29.4 Å². The second kappa shape index (κ2) is 7.54. The van der Waals surface area contributed by atoms with Crippen molar-refractivity contribution in [2.75, 3.05) is 18.9 Å². The zero-order valence-electron chi connectivity index (χ0n) is 16.0. The van der Waals surface area contributed by atoms with Crippen molar-refractivity contribution in [1.29, 1.82) is 0 Å². The third-order valence-corrected chi connectivity index (χ3v) is 7.35. The summed E-state index contributed by atoms with van der Waals surface area (Å²) in [4.78, 5) is 21.0. The summed E-state index contributed by atoms with van der Waals surface area (Å²) in [5.41, 5.74) is 3.15. The Kier molecular flexibility index (Phi) is 4.85. The number of likely N-dealkylation sites (N-methyl/N-ethyl adjacent to an activating group) is 1. The number of rotatable bonds is 3. The Morgan fingerprint density at radius 1 is 1.13 bits per heavy atom. The molecule has 1 aliphatic rings. The lowest BCUT2D eigenvalue weighted by Crippen LogP contribution is -2.25. The van der Waals surface area contributed by atoms with Crippen molar-refractivity contribution in [3.05, 3.63) is 70.1 Å². The van der Waals surface area contributed by atoms with Gasteiger partial charge in [-0.2, -0.15) is 0 Å². The number of halogens is 2. The van der Waals surface area contributed by atoms with Crippen LogP contribution in [0.25, 0.3) is 20.8 Å². The van der Waals surface area contributed by atoms with Crippen LogP contribution in [0.4, 0.5) is 13.8 Å². The molecule has 2 aromatic carbocycles. The maximum atomic E-state index is 13.6. The van der Waals surface area contributed by atoms with Gasteiger partial charge in [0.2, 0.25) is 0 Å². The number of carbonyl (C=O) groups excluding carboxylic acids is 1. The van der Waals surface area contributed by atoms with E-state index in [9.17, 15) is 13.6 Å². The molecule has 2 aromatic heterocycles. The van der Waals surface area contributed by atoms with Crippen molar-refractivity contribution in [1.82, 2.24) is 9.88 Å². The molecule has 0 spiro atoms. The average molecular weight is 442 g/mol. The summed E-state index contributed by atoms with van der Waals surface area (Å²) < 4.78 is 27.9. The molecule has 4 aromatic rings. The fourth-order valence-corrected chi connectivity index (χ4v) is 6.07. The first-order valence-electron chi connectivity index (χ1n) is 9.45. The molecular weight excluding hydrogens is 424 g/mol. The number of hydrogen-bond acceptors (Lipinski definition) is 5. The van der Waals surface area contributed by atoms with E-state index in [0.717, 1.165) is 52.4 Å². The number of para-hydroxylation sites is 1. The number of thiazole rings is 1. The van der Waals surface area contributed by atoms with Crippen LogP contribution in [0.1, 0.15) is 20.8 Å². The van der Waals surface area contributed by atoms with E-state index in [1.165, 1.54) is 27.8 Å². The zero-order valence-corrected chi connectivity index (χ0v) is 17.7. The quantitative estimate of drug-likeness (QED) is 0.454.